The van der Waals surface area contributed by atoms with Crippen molar-refractivity contribution in [2.24, 2.45) is 0 Å². The van der Waals surface area contributed by atoms with Gasteiger partial charge in [0.25, 0.3) is 0 Å². The molecule has 29 heavy (non-hydrogen) atoms. The molecule has 0 bridgehead atoms. The van der Waals surface area contributed by atoms with Gasteiger partial charge in [0.15, 0.2) is 0 Å². The molecule has 0 fully saturated rings. The minimum absolute atomic E-state index is 0.0133. The maximum Gasteiger partial charge on any atom is 0.324 e. The van der Waals surface area contributed by atoms with Crippen LogP contribution in [0.5, 0.6) is 17.2 Å². The van der Waals surface area contributed by atoms with Crippen molar-refractivity contribution in [1.29, 1.82) is 0 Å². The summed E-state index contributed by atoms with van der Waals surface area (Å²) in [6.07, 6.45) is 0. The van der Waals surface area contributed by atoms with E-state index in [0.717, 1.165) is 11.3 Å². The first-order valence-corrected chi connectivity index (χ1v) is 8.75. The monoisotopic (exact) mass is 398 g/mol. The van der Waals surface area contributed by atoms with Crippen molar-refractivity contribution in [3.63, 3.8) is 0 Å². The lowest BCUT2D eigenvalue weighted by molar-refractivity contribution is -0.115. The Bertz CT molecular complexity index is 971. The summed E-state index contributed by atoms with van der Waals surface area (Å²) in [5, 5.41) is 6.77. The number of methoxy groups -OCH3 is 3. The number of hydrogen-bond donors (Lipinski definition) is 1. The zero-order chi connectivity index (χ0) is 20.8. The third kappa shape index (κ3) is 4.75. The second-order valence-corrected chi connectivity index (χ2v) is 6.10. The normalized spacial score (nSPS) is 10.3. The van der Waals surface area contributed by atoms with Gasteiger partial charge in [-0.2, -0.15) is 4.98 Å². The topological polar surface area (TPSA) is 99.0 Å². The summed E-state index contributed by atoms with van der Waals surface area (Å²) in [5.74, 6) is 2.03. The largest absolute Gasteiger partial charge is 0.497 e. The number of likely N-dealkylation sites (N-methyl/N-ethyl adjacent to an activating group) is 1. The van der Waals surface area contributed by atoms with E-state index >= 15 is 0 Å². The molecule has 0 saturated heterocycles. The van der Waals surface area contributed by atoms with Crippen LogP contribution in [-0.4, -0.2) is 51.0 Å². The van der Waals surface area contributed by atoms with Crippen LogP contribution in [0.4, 0.5) is 11.7 Å². The van der Waals surface area contributed by atoms with Crippen molar-refractivity contribution >= 4 is 17.6 Å². The number of benzene rings is 2. The Morgan fingerprint density at radius 1 is 1.03 bits per heavy atom. The standard InChI is InChI=1S/C20H22N4O5/c1-24(12-18(25)21-16-10-9-15(27-3)11-17(16)28-4)20-22-19(23-29-20)13-5-7-14(26-2)8-6-13/h5-11H,12H2,1-4H3,(H,21,25). The highest BCUT2D eigenvalue weighted by molar-refractivity contribution is 5.95. The number of carbonyl (C=O) groups is 1. The molecule has 0 spiro atoms. The lowest BCUT2D eigenvalue weighted by Gasteiger charge is -2.15. The van der Waals surface area contributed by atoms with Gasteiger partial charge in [0.1, 0.15) is 23.8 Å². The molecule has 0 unspecified atom stereocenters. The fraction of sp³-hybridized carbons (Fsp3) is 0.250. The van der Waals surface area contributed by atoms with Gasteiger partial charge in [-0.15, -0.1) is 0 Å². The minimum atomic E-state index is -0.264. The molecule has 0 radical (unpaired) electrons. The fourth-order valence-corrected chi connectivity index (χ4v) is 2.60. The van der Waals surface area contributed by atoms with Crippen LogP contribution < -0.4 is 24.4 Å². The zero-order valence-electron chi connectivity index (χ0n) is 16.6. The Morgan fingerprint density at radius 3 is 2.38 bits per heavy atom. The minimum Gasteiger partial charge on any atom is -0.497 e. The van der Waals surface area contributed by atoms with E-state index in [2.05, 4.69) is 15.5 Å². The summed E-state index contributed by atoms with van der Waals surface area (Å²) in [6, 6.07) is 12.7. The van der Waals surface area contributed by atoms with E-state index in [1.54, 1.807) is 44.4 Å². The molecule has 0 atom stereocenters. The first-order valence-electron chi connectivity index (χ1n) is 8.75. The number of ether oxygens (including phenoxy) is 3. The highest BCUT2D eigenvalue weighted by atomic mass is 16.5. The third-order valence-electron chi connectivity index (χ3n) is 4.15. The van der Waals surface area contributed by atoms with Gasteiger partial charge in [0.05, 0.1) is 27.0 Å². The number of carbonyl (C=O) groups excluding carboxylic acids is 1. The second kappa shape index (κ2) is 8.96. The number of anilines is 2. The van der Waals surface area contributed by atoms with Gasteiger partial charge in [-0.25, -0.2) is 0 Å². The predicted octanol–water partition coefficient (Wildman–Crippen LogP) is 2.84. The summed E-state index contributed by atoms with van der Waals surface area (Å²) in [7, 11) is 6.38. The van der Waals surface area contributed by atoms with Gasteiger partial charge < -0.3 is 29.0 Å². The summed E-state index contributed by atoms with van der Waals surface area (Å²) in [5.41, 5.74) is 1.32. The molecule has 152 valence electrons. The quantitative estimate of drug-likeness (QED) is 0.618. The average molecular weight is 398 g/mol. The van der Waals surface area contributed by atoms with E-state index in [4.69, 9.17) is 18.7 Å². The predicted molar refractivity (Wildman–Crippen MR) is 108 cm³/mol. The van der Waals surface area contributed by atoms with Gasteiger partial charge in [-0.1, -0.05) is 5.16 Å². The molecule has 0 saturated carbocycles. The van der Waals surface area contributed by atoms with Crippen LogP contribution in [0.3, 0.4) is 0 Å². The summed E-state index contributed by atoms with van der Waals surface area (Å²) >= 11 is 0. The molecule has 9 heteroatoms. The van der Waals surface area contributed by atoms with Crippen molar-refractivity contribution in [2.45, 2.75) is 0 Å². The van der Waals surface area contributed by atoms with E-state index in [0.29, 0.717) is 23.0 Å². The van der Waals surface area contributed by atoms with Crippen LogP contribution in [0.25, 0.3) is 11.4 Å². The fourth-order valence-electron chi connectivity index (χ4n) is 2.60. The van der Waals surface area contributed by atoms with Gasteiger partial charge in [0, 0.05) is 18.7 Å². The van der Waals surface area contributed by atoms with E-state index in [1.807, 2.05) is 24.3 Å². The first kappa shape index (κ1) is 20.0. The SMILES string of the molecule is COc1ccc(-c2noc(N(C)CC(=O)Nc3ccc(OC)cc3OC)n2)cc1. The lowest BCUT2D eigenvalue weighted by Crippen LogP contribution is -2.30. The Balaban J connectivity index is 1.65. The molecule has 1 aromatic heterocycles. The van der Waals surface area contributed by atoms with E-state index < -0.39 is 0 Å². The van der Waals surface area contributed by atoms with Crippen LogP contribution in [0.15, 0.2) is 47.0 Å². The van der Waals surface area contributed by atoms with Crippen molar-refractivity contribution in [3.8, 4) is 28.6 Å². The number of aromatic nitrogens is 2. The molecule has 1 heterocycles. The summed E-state index contributed by atoms with van der Waals surface area (Å²) in [6.45, 7) is 0.0133. The Kier molecular flexibility index (Phi) is 6.18. The zero-order valence-corrected chi connectivity index (χ0v) is 16.6. The summed E-state index contributed by atoms with van der Waals surface area (Å²) in [4.78, 5) is 18.3. The maximum absolute atomic E-state index is 12.4. The molecule has 1 amide bonds. The van der Waals surface area contributed by atoms with Crippen LogP contribution in [0, 0.1) is 0 Å². The van der Waals surface area contributed by atoms with Crippen LogP contribution >= 0.6 is 0 Å². The van der Waals surface area contributed by atoms with Crippen LogP contribution in [0.1, 0.15) is 0 Å². The molecule has 1 N–H and O–H groups in total. The molecular weight excluding hydrogens is 376 g/mol. The summed E-state index contributed by atoms with van der Waals surface area (Å²) < 4.78 is 20.9. The van der Waals surface area contributed by atoms with Crippen molar-refractivity contribution in [1.82, 2.24) is 10.1 Å². The van der Waals surface area contributed by atoms with Crippen molar-refractivity contribution < 1.29 is 23.5 Å². The maximum atomic E-state index is 12.4. The van der Waals surface area contributed by atoms with Crippen molar-refractivity contribution in [2.75, 3.05) is 45.1 Å². The van der Waals surface area contributed by atoms with E-state index in [-0.39, 0.29) is 18.5 Å². The van der Waals surface area contributed by atoms with Crippen LogP contribution in [-0.2, 0) is 4.79 Å². The molecule has 0 aliphatic carbocycles. The highest BCUT2D eigenvalue weighted by Gasteiger charge is 2.16. The molecular formula is C20H22N4O5. The number of nitrogens with zero attached hydrogens (tertiary/aromatic N) is 3. The molecule has 3 aromatic rings. The van der Waals surface area contributed by atoms with Gasteiger partial charge in [0.2, 0.25) is 11.7 Å². The van der Waals surface area contributed by atoms with Crippen molar-refractivity contribution in [3.05, 3.63) is 42.5 Å². The van der Waals surface area contributed by atoms with Crippen LogP contribution in [0.2, 0.25) is 0 Å². The van der Waals surface area contributed by atoms with Gasteiger partial charge >= 0.3 is 6.01 Å². The lowest BCUT2D eigenvalue weighted by atomic mass is 10.2. The Morgan fingerprint density at radius 2 is 1.72 bits per heavy atom. The first-order chi connectivity index (χ1) is 14.0. The number of nitrogens with one attached hydrogen (secondary N) is 1. The molecule has 0 aliphatic heterocycles. The number of rotatable bonds is 8. The Hall–Kier alpha value is -3.75. The third-order valence-corrected chi connectivity index (χ3v) is 4.15. The smallest absolute Gasteiger partial charge is 0.324 e. The van der Waals surface area contributed by atoms with E-state index in [1.165, 1.54) is 7.11 Å². The molecule has 9 nitrogen and oxygen atoms in total. The average Bonchev–Trinajstić information content (AvgIpc) is 3.24. The Labute approximate surface area is 168 Å². The second-order valence-electron chi connectivity index (χ2n) is 6.10. The highest BCUT2D eigenvalue weighted by Crippen LogP contribution is 2.29. The van der Waals surface area contributed by atoms with Gasteiger partial charge in [-0.05, 0) is 36.4 Å². The number of hydrogen-bond acceptors (Lipinski definition) is 8. The van der Waals surface area contributed by atoms with Gasteiger partial charge in [-0.3, -0.25) is 4.79 Å². The molecule has 0 aliphatic rings. The number of amides is 1. The molecule has 2 aromatic carbocycles. The molecule has 3 rings (SSSR count). The van der Waals surface area contributed by atoms with E-state index in [9.17, 15) is 4.79 Å².